The molecule has 92 valence electrons. The van der Waals surface area contributed by atoms with Crippen molar-refractivity contribution in [2.75, 3.05) is 5.01 Å². The molecule has 0 saturated carbocycles. The lowest BCUT2D eigenvalue weighted by atomic mass is 10.1. The minimum absolute atomic E-state index is 0.142. The van der Waals surface area contributed by atoms with Gasteiger partial charge in [-0.15, -0.1) is 0 Å². The average molecular weight is 281 g/mol. The largest absolute Gasteiger partial charge is 0.340 e. The highest BCUT2D eigenvalue weighted by Crippen LogP contribution is 2.27. The first kappa shape index (κ1) is 11.4. The van der Waals surface area contributed by atoms with Crippen LogP contribution < -0.4 is 15.6 Å². The number of hydrogen-bond donors (Lipinski definition) is 2. The van der Waals surface area contributed by atoms with E-state index < -0.39 is 0 Å². The Hall–Kier alpha value is -1.66. The highest BCUT2D eigenvalue weighted by Gasteiger charge is 2.40. The van der Waals surface area contributed by atoms with Crippen molar-refractivity contribution < 1.29 is 4.79 Å². The maximum atomic E-state index is 11.7. The van der Waals surface area contributed by atoms with Gasteiger partial charge in [-0.3, -0.25) is 4.79 Å². The van der Waals surface area contributed by atoms with Crippen LogP contribution in [0.3, 0.4) is 0 Å². The summed E-state index contributed by atoms with van der Waals surface area (Å²) in [5.41, 5.74) is 0.816. The van der Waals surface area contributed by atoms with E-state index in [1.807, 2.05) is 12.1 Å². The molecule has 0 bridgehead atoms. The number of anilines is 1. The third kappa shape index (κ3) is 1.83. The van der Waals surface area contributed by atoms with Crippen LogP contribution in [0.2, 0.25) is 5.02 Å². The molecule has 1 amide bonds. The van der Waals surface area contributed by atoms with Crippen molar-refractivity contribution in [2.24, 2.45) is 11.0 Å². The maximum absolute atomic E-state index is 11.7. The van der Waals surface area contributed by atoms with E-state index in [1.54, 1.807) is 23.4 Å². The molecule has 18 heavy (non-hydrogen) atoms. The van der Waals surface area contributed by atoms with Crippen LogP contribution in [0.15, 0.2) is 29.4 Å². The molecule has 2 N–H and O–H groups in total. The fourth-order valence-corrected chi connectivity index (χ4v) is 2.43. The van der Waals surface area contributed by atoms with Crippen molar-refractivity contribution in [2.45, 2.75) is 6.17 Å². The van der Waals surface area contributed by atoms with E-state index in [2.05, 4.69) is 15.7 Å². The molecule has 2 aliphatic heterocycles. The highest BCUT2D eigenvalue weighted by atomic mass is 35.5. The number of hydrogen-bond acceptors (Lipinski definition) is 4. The summed E-state index contributed by atoms with van der Waals surface area (Å²) in [6.07, 6.45) is 1.32. The normalized spacial score (nSPS) is 25.7. The van der Waals surface area contributed by atoms with Gasteiger partial charge in [-0.1, -0.05) is 17.7 Å². The summed E-state index contributed by atoms with van der Waals surface area (Å²) < 4.78 is 0. The van der Waals surface area contributed by atoms with Crippen LogP contribution in [-0.2, 0) is 4.79 Å². The van der Waals surface area contributed by atoms with E-state index in [1.165, 1.54) is 0 Å². The van der Waals surface area contributed by atoms with Crippen LogP contribution in [0.1, 0.15) is 0 Å². The molecule has 1 fully saturated rings. The fourth-order valence-electron chi connectivity index (χ4n) is 2.02. The molecule has 2 atom stereocenters. The van der Waals surface area contributed by atoms with Crippen molar-refractivity contribution in [1.82, 2.24) is 10.6 Å². The van der Waals surface area contributed by atoms with Crippen LogP contribution in [-0.4, -0.2) is 23.4 Å². The molecule has 2 heterocycles. The number of nitrogens with one attached hydrogen (secondary N) is 2. The molecular weight excluding hydrogens is 272 g/mol. The van der Waals surface area contributed by atoms with E-state index >= 15 is 0 Å². The zero-order valence-corrected chi connectivity index (χ0v) is 10.7. The Balaban J connectivity index is 1.93. The lowest BCUT2D eigenvalue weighted by molar-refractivity contribution is -0.122. The summed E-state index contributed by atoms with van der Waals surface area (Å²) in [4.78, 5) is 11.7. The Morgan fingerprint density at radius 2 is 2.28 bits per heavy atom. The summed E-state index contributed by atoms with van der Waals surface area (Å²) in [5.74, 6) is -0.493. The highest BCUT2D eigenvalue weighted by molar-refractivity contribution is 7.80. The number of hydrazone groups is 1. The lowest BCUT2D eigenvalue weighted by Gasteiger charge is -2.32. The summed E-state index contributed by atoms with van der Waals surface area (Å²) in [7, 11) is 0. The summed E-state index contributed by atoms with van der Waals surface area (Å²) in [6.45, 7) is 0. The molecule has 1 aromatic carbocycles. The Morgan fingerprint density at radius 1 is 1.44 bits per heavy atom. The Labute approximate surface area is 114 Å². The van der Waals surface area contributed by atoms with Crippen LogP contribution in [0, 0.1) is 5.92 Å². The number of amides is 1. The monoisotopic (exact) mass is 280 g/mol. The first-order valence-electron chi connectivity index (χ1n) is 5.35. The molecular formula is C11H9ClN4OS. The molecule has 0 radical (unpaired) electrons. The van der Waals surface area contributed by atoms with Crippen LogP contribution in [0.25, 0.3) is 0 Å². The molecule has 1 saturated heterocycles. The van der Waals surface area contributed by atoms with Gasteiger partial charge in [0.15, 0.2) is 5.11 Å². The predicted octanol–water partition coefficient (Wildman–Crippen LogP) is 1.09. The third-order valence-electron chi connectivity index (χ3n) is 2.85. The average Bonchev–Trinajstić information content (AvgIpc) is 2.72. The summed E-state index contributed by atoms with van der Waals surface area (Å²) >= 11 is 10.9. The smallest absolute Gasteiger partial charge is 0.238 e. The van der Waals surface area contributed by atoms with Gasteiger partial charge in [0, 0.05) is 11.2 Å². The van der Waals surface area contributed by atoms with Crippen molar-refractivity contribution in [3.8, 4) is 0 Å². The lowest BCUT2D eigenvalue weighted by Crippen LogP contribution is -2.61. The predicted molar refractivity (Wildman–Crippen MR) is 73.6 cm³/mol. The number of carbonyl (C=O) groups excluding carboxylic acids is 1. The van der Waals surface area contributed by atoms with Crippen LogP contribution in [0.4, 0.5) is 5.69 Å². The first-order chi connectivity index (χ1) is 8.65. The number of fused-ring (bicyclic) bond motifs is 1. The number of nitrogens with zero attached hydrogens (tertiary/aromatic N) is 2. The molecule has 1 aromatic rings. The minimum Gasteiger partial charge on any atom is -0.340 e. The van der Waals surface area contributed by atoms with Gasteiger partial charge in [-0.05, 0) is 30.4 Å². The van der Waals surface area contributed by atoms with E-state index in [4.69, 9.17) is 23.8 Å². The third-order valence-corrected chi connectivity index (χ3v) is 3.30. The van der Waals surface area contributed by atoms with Crippen molar-refractivity contribution >= 4 is 46.7 Å². The van der Waals surface area contributed by atoms with Crippen LogP contribution in [0.5, 0.6) is 0 Å². The first-order valence-corrected chi connectivity index (χ1v) is 6.14. The Kier molecular flexibility index (Phi) is 2.68. The standard InChI is InChI=1S/C11H9ClN4OS/c12-6-2-1-3-7(4-6)16-9-8(5-13-16)10(17)15-11(18)14-9/h1-5,8-9H,(H2,14,15,17,18). The Bertz CT molecular complexity index is 562. The van der Waals surface area contributed by atoms with Gasteiger partial charge in [0.25, 0.3) is 0 Å². The second kappa shape index (κ2) is 4.22. The summed E-state index contributed by atoms with van der Waals surface area (Å²) in [5, 5.41) is 12.5. The number of carbonyl (C=O) groups is 1. The SMILES string of the molecule is O=C1NC(=S)NC2C1C=NN2c1cccc(Cl)c1. The number of thiocarbonyl (C=S) groups is 1. The minimum atomic E-state index is -0.351. The van der Waals surface area contributed by atoms with Gasteiger partial charge < -0.3 is 10.6 Å². The van der Waals surface area contributed by atoms with E-state index in [9.17, 15) is 4.79 Å². The van der Waals surface area contributed by atoms with Crippen LogP contribution >= 0.6 is 23.8 Å². The van der Waals surface area contributed by atoms with Crippen molar-refractivity contribution in [3.05, 3.63) is 29.3 Å². The molecule has 7 heteroatoms. The van der Waals surface area contributed by atoms with Gasteiger partial charge in [-0.2, -0.15) is 5.10 Å². The zero-order chi connectivity index (χ0) is 12.7. The van der Waals surface area contributed by atoms with Crippen molar-refractivity contribution in [3.63, 3.8) is 0 Å². The van der Waals surface area contributed by atoms with E-state index in [0.29, 0.717) is 10.1 Å². The topological polar surface area (TPSA) is 56.7 Å². The quantitative estimate of drug-likeness (QED) is 0.756. The second-order valence-electron chi connectivity index (χ2n) is 4.02. The van der Waals surface area contributed by atoms with Gasteiger partial charge in [-0.25, -0.2) is 5.01 Å². The fraction of sp³-hybridized carbons (Fsp3) is 0.182. The summed E-state index contributed by atoms with van der Waals surface area (Å²) in [6, 6.07) is 7.29. The maximum Gasteiger partial charge on any atom is 0.238 e. The zero-order valence-electron chi connectivity index (χ0n) is 9.13. The number of rotatable bonds is 1. The number of halogens is 1. The molecule has 5 nitrogen and oxygen atoms in total. The molecule has 2 unspecified atom stereocenters. The van der Waals surface area contributed by atoms with Gasteiger partial charge >= 0.3 is 0 Å². The molecule has 0 spiro atoms. The van der Waals surface area contributed by atoms with E-state index in [-0.39, 0.29) is 18.0 Å². The molecule has 2 aliphatic rings. The van der Waals surface area contributed by atoms with Gasteiger partial charge in [0.05, 0.1) is 5.69 Å². The molecule has 0 aliphatic carbocycles. The Morgan fingerprint density at radius 3 is 3.06 bits per heavy atom. The molecule has 0 aromatic heterocycles. The van der Waals surface area contributed by atoms with Gasteiger partial charge in [0.2, 0.25) is 5.91 Å². The van der Waals surface area contributed by atoms with Gasteiger partial charge in [0.1, 0.15) is 12.1 Å². The molecule has 3 rings (SSSR count). The second-order valence-corrected chi connectivity index (χ2v) is 4.87. The van der Waals surface area contributed by atoms with Crippen molar-refractivity contribution in [1.29, 1.82) is 0 Å². The number of benzene rings is 1. The van der Waals surface area contributed by atoms with E-state index in [0.717, 1.165) is 5.69 Å².